The molecule has 0 saturated heterocycles. The molecule has 0 aliphatic heterocycles. The summed E-state index contributed by atoms with van der Waals surface area (Å²) in [4.78, 5) is 27.5. The van der Waals surface area contributed by atoms with Crippen molar-refractivity contribution in [3.8, 4) is 17.2 Å². The maximum Gasteiger partial charge on any atom is 0.294 e. The minimum atomic E-state index is -0.524. The van der Waals surface area contributed by atoms with Crippen molar-refractivity contribution < 1.29 is 19.2 Å². The first-order valence-corrected chi connectivity index (χ1v) is 8.74. The highest BCUT2D eigenvalue weighted by Crippen LogP contribution is 2.30. The molecule has 1 heterocycles. The SMILES string of the molecule is COc1ccc(C(C)NC(=O)c2ccc(-n3ccnc3)c([N+](=O)[O-])c2)cc1OC. The average molecular weight is 396 g/mol. The van der Waals surface area contributed by atoms with Crippen LogP contribution in [0.1, 0.15) is 28.9 Å². The second-order valence-electron chi connectivity index (χ2n) is 6.24. The van der Waals surface area contributed by atoms with Gasteiger partial charge >= 0.3 is 0 Å². The number of hydrogen-bond donors (Lipinski definition) is 1. The first-order valence-electron chi connectivity index (χ1n) is 8.74. The minimum Gasteiger partial charge on any atom is -0.493 e. The number of carbonyl (C=O) groups is 1. The van der Waals surface area contributed by atoms with Gasteiger partial charge in [0, 0.05) is 24.0 Å². The molecule has 0 saturated carbocycles. The van der Waals surface area contributed by atoms with Crippen LogP contribution >= 0.6 is 0 Å². The molecule has 0 spiro atoms. The van der Waals surface area contributed by atoms with Gasteiger partial charge in [-0.25, -0.2) is 4.98 Å². The highest BCUT2D eigenvalue weighted by atomic mass is 16.6. The normalized spacial score (nSPS) is 11.6. The number of ether oxygens (including phenoxy) is 2. The third kappa shape index (κ3) is 4.18. The molecule has 2 aromatic carbocycles. The zero-order chi connectivity index (χ0) is 21.0. The van der Waals surface area contributed by atoms with Crippen molar-refractivity contribution in [1.82, 2.24) is 14.9 Å². The molecule has 0 aliphatic carbocycles. The summed E-state index contributed by atoms with van der Waals surface area (Å²) < 4.78 is 12.0. The van der Waals surface area contributed by atoms with Gasteiger partial charge in [-0.15, -0.1) is 0 Å². The summed E-state index contributed by atoms with van der Waals surface area (Å²) in [5.74, 6) is 0.708. The van der Waals surface area contributed by atoms with Crippen LogP contribution in [0.5, 0.6) is 11.5 Å². The van der Waals surface area contributed by atoms with Crippen molar-refractivity contribution in [3.05, 3.63) is 76.4 Å². The van der Waals surface area contributed by atoms with Crippen LogP contribution in [-0.4, -0.2) is 34.6 Å². The Bertz CT molecular complexity index is 1030. The number of nitro benzene ring substituents is 1. The van der Waals surface area contributed by atoms with Crippen molar-refractivity contribution >= 4 is 11.6 Å². The highest BCUT2D eigenvalue weighted by Gasteiger charge is 2.20. The Labute approximate surface area is 167 Å². The Balaban J connectivity index is 1.83. The topological polar surface area (TPSA) is 109 Å². The van der Waals surface area contributed by atoms with E-state index in [0.717, 1.165) is 5.56 Å². The smallest absolute Gasteiger partial charge is 0.294 e. The van der Waals surface area contributed by atoms with E-state index in [0.29, 0.717) is 17.2 Å². The number of imidazole rings is 1. The first kappa shape index (κ1) is 19.9. The van der Waals surface area contributed by atoms with Crippen molar-refractivity contribution in [2.45, 2.75) is 13.0 Å². The van der Waals surface area contributed by atoms with E-state index in [9.17, 15) is 14.9 Å². The van der Waals surface area contributed by atoms with Crippen molar-refractivity contribution in [3.63, 3.8) is 0 Å². The van der Waals surface area contributed by atoms with E-state index in [4.69, 9.17) is 9.47 Å². The summed E-state index contributed by atoms with van der Waals surface area (Å²) >= 11 is 0. The molecule has 29 heavy (non-hydrogen) atoms. The Kier molecular flexibility index (Phi) is 5.77. The fraction of sp³-hybridized carbons (Fsp3) is 0.200. The molecule has 1 unspecified atom stereocenters. The molecule has 9 heteroatoms. The molecule has 150 valence electrons. The molecular formula is C20H20N4O5. The predicted molar refractivity (Wildman–Crippen MR) is 106 cm³/mol. The van der Waals surface area contributed by atoms with E-state index in [1.807, 2.05) is 13.0 Å². The van der Waals surface area contributed by atoms with Gasteiger partial charge < -0.3 is 19.4 Å². The molecule has 3 rings (SSSR count). The zero-order valence-electron chi connectivity index (χ0n) is 16.2. The summed E-state index contributed by atoms with van der Waals surface area (Å²) in [6, 6.07) is 9.31. The monoisotopic (exact) mass is 396 g/mol. The average Bonchev–Trinajstić information content (AvgIpc) is 3.27. The van der Waals surface area contributed by atoms with Crippen LogP contribution in [0, 0.1) is 10.1 Å². The van der Waals surface area contributed by atoms with Crippen LogP contribution in [0.2, 0.25) is 0 Å². The number of nitrogens with zero attached hydrogens (tertiary/aromatic N) is 3. The third-order valence-electron chi connectivity index (χ3n) is 4.47. The van der Waals surface area contributed by atoms with Crippen LogP contribution in [0.15, 0.2) is 55.1 Å². The number of rotatable bonds is 7. The predicted octanol–water partition coefficient (Wildman–Crippen LogP) is 3.29. The van der Waals surface area contributed by atoms with E-state index in [1.165, 1.54) is 36.3 Å². The van der Waals surface area contributed by atoms with Crippen LogP contribution in [0.3, 0.4) is 0 Å². The molecular weight excluding hydrogens is 376 g/mol. The van der Waals surface area contributed by atoms with Gasteiger partial charge in [0.15, 0.2) is 11.5 Å². The van der Waals surface area contributed by atoms with Crippen molar-refractivity contribution in [1.29, 1.82) is 0 Å². The molecule has 9 nitrogen and oxygen atoms in total. The molecule has 0 fully saturated rings. The Hall–Kier alpha value is -3.88. The Morgan fingerprint density at radius 2 is 1.93 bits per heavy atom. The van der Waals surface area contributed by atoms with E-state index < -0.39 is 10.8 Å². The first-order chi connectivity index (χ1) is 13.9. The van der Waals surface area contributed by atoms with Crippen LogP contribution < -0.4 is 14.8 Å². The summed E-state index contributed by atoms with van der Waals surface area (Å²) in [5, 5.41) is 14.3. The van der Waals surface area contributed by atoms with Crippen LogP contribution in [0.4, 0.5) is 5.69 Å². The maximum atomic E-state index is 12.7. The number of amides is 1. The van der Waals surface area contributed by atoms with Gasteiger partial charge in [-0.1, -0.05) is 6.07 Å². The Morgan fingerprint density at radius 1 is 1.17 bits per heavy atom. The van der Waals surface area contributed by atoms with Gasteiger partial charge in [0.05, 0.1) is 31.5 Å². The second-order valence-corrected chi connectivity index (χ2v) is 6.24. The van der Waals surface area contributed by atoms with E-state index in [1.54, 1.807) is 31.5 Å². The molecule has 1 atom stereocenters. The standard InChI is InChI=1S/C20H20N4O5/c1-13(14-5-7-18(28-2)19(11-14)29-3)22-20(25)15-4-6-16(17(10-15)24(26)27)23-9-8-21-12-23/h4-13H,1-3H3,(H,22,25). The van der Waals surface area contributed by atoms with Crippen molar-refractivity contribution in [2.75, 3.05) is 14.2 Å². The van der Waals surface area contributed by atoms with E-state index >= 15 is 0 Å². The van der Waals surface area contributed by atoms with Gasteiger partial charge in [-0.05, 0) is 36.8 Å². The maximum absolute atomic E-state index is 12.7. The number of aromatic nitrogens is 2. The fourth-order valence-electron chi connectivity index (χ4n) is 2.92. The third-order valence-corrected chi connectivity index (χ3v) is 4.47. The lowest BCUT2D eigenvalue weighted by Crippen LogP contribution is -2.26. The largest absolute Gasteiger partial charge is 0.493 e. The summed E-state index contributed by atoms with van der Waals surface area (Å²) in [6.45, 7) is 1.81. The zero-order valence-corrected chi connectivity index (χ0v) is 16.2. The molecule has 3 aromatic rings. The lowest BCUT2D eigenvalue weighted by atomic mass is 10.1. The molecule has 0 bridgehead atoms. The number of benzene rings is 2. The van der Waals surface area contributed by atoms with Gasteiger partial charge in [-0.2, -0.15) is 0 Å². The molecule has 0 radical (unpaired) electrons. The van der Waals surface area contributed by atoms with Gasteiger partial charge in [0.2, 0.25) is 0 Å². The van der Waals surface area contributed by atoms with E-state index in [-0.39, 0.29) is 17.3 Å². The molecule has 1 N–H and O–H groups in total. The number of nitrogens with one attached hydrogen (secondary N) is 1. The van der Waals surface area contributed by atoms with Crippen LogP contribution in [0.25, 0.3) is 5.69 Å². The molecule has 0 aliphatic rings. The fourth-order valence-corrected chi connectivity index (χ4v) is 2.92. The number of nitro groups is 1. The van der Waals surface area contributed by atoms with Crippen molar-refractivity contribution in [2.24, 2.45) is 0 Å². The summed E-state index contributed by atoms with van der Waals surface area (Å²) in [7, 11) is 3.08. The number of carbonyl (C=O) groups excluding carboxylic acids is 1. The minimum absolute atomic E-state index is 0.186. The highest BCUT2D eigenvalue weighted by molar-refractivity contribution is 5.95. The number of hydrogen-bond acceptors (Lipinski definition) is 6. The van der Waals surface area contributed by atoms with Crippen LogP contribution in [-0.2, 0) is 0 Å². The van der Waals surface area contributed by atoms with E-state index in [2.05, 4.69) is 10.3 Å². The molecule has 1 aromatic heterocycles. The van der Waals surface area contributed by atoms with Gasteiger partial charge in [0.1, 0.15) is 5.69 Å². The lowest BCUT2D eigenvalue weighted by Gasteiger charge is -2.17. The van der Waals surface area contributed by atoms with Gasteiger partial charge in [0.25, 0.3) is 11.6 Å². The molecule has 1 amide bonds. The summed E-state index contributed by atoms with van der Waals surface area (Å²) in [5.41, 5.74) is 1.14. The second kappa shape index (κ2) is 8.42. The number of methoxy groups -OCH3 is 2. The lowest BCUT2D eigenvalue weighted by molar-refractivity contribution is -0.384. The quantitative estimate of drug-likeness (QED) is 0.485. The van der Waals surface area contributed by atoms with Gasteiger partial charge in [-0.3, -0.25) is 14.9 Å². The summed E-state index contributed by atoms with van der Waals surface area (Å²) in [6.07, 6.45) is 4.58. The Morgan fingerprint density at radius 3 is 2.55 bits per heavy atom.